The van der Waals surface area contributed by atoms with Crippen LogP contribution in [0.25, 0.3) is 0 Å². The highest BCUT2D eigenvalue weighted by Crippen LogP contribution is 2.34. The maximum Gasteiger partial charge on any atom is 0.236 e. The number of amides is 1. The van der Waals surface area contributed by atoms with Crippen molar-refractivity contribution >= 4 is 5.91 Å². The van der Waals surface area contributed by atoms with Crippen molar-refractivity contribution in [3.05, 3.63) is 35.4 Å². The van der Waals surface area contributed by atoms with Crippen LogP contribution >= 0.6 is 0 Å². The van der Waals surface area contributed by atoms with E-state index in [2.05, 4.69) is 61.0 Å². The summed E-state index contributed by atoms with van der Waals surface area (Å²) in [6.45, 7) is 7.65. The predicted molar refractivity (Wildman–Crippen MR) is 103 cm³/mol. The largest absolute Gasteiger partial charge is 0.339 e. The molecule has 0 saturated carbocycles. The number of piperazine rings is 1. The Morgan fingerprint density at radius 3 is 2.62 bits per heavy atom. The van der Waals surface area contributed by atoms with E-state index in [-0.39, 0.29) is 11.9 Å². The highest BCUT2D eigenvalue weighted by molar-refractivity contribution is 5.78. The van der Waals surface area contributed by atoms with Crippen LogP contribution in [0, 0.1) is 17.2 Å². The lowest BCUT2D eigenvalue weighted by Gasteiger charge is -2.39. The summed E-state index contributed by atoms with van der Waals surface area (Å²) in [6, 6.07) is 11.3. The molecule has 0 unspecified atom stereocenters. The van der Waals surface area contributed by atoms with E-state index < -0.39 is 0 Å². The molecule has 5 nitrogen and oxygen atoms in total. The zero-order valence-corrected chi connectivity index (χ0v) is 16.2. The first-order valence-corrected chi connectivity index (χ1v) is 9.70. The van der Waals surface area contributed by atoms with Gasteiger partial charge < -0.3 is 4.90 Å². The number of aryl methyl sites for hydroxylation is 1. The molecule has 3 rings (SSSR count). The van der Waals surface area contributed by atoms with E-state index in [4.69, 9.17) is 0 Å². The molecule has 1 aliphatic carbocycles. The third-order valence-corrected chi connectivity index (χ3v) is 5.84. The molecule has 0 spiro atoms. The molecule has 2 aliphatic rings. The summed E-state index contributed by atoms with van der Waals surface area (Å²) in [7, 11) is 2.06. The second-order valence-corrected chi connectivity index (χ2v) is 7.90. The number of hydrogen-bond acceptors (Lipinski definition) is 4. The third kappa shape index (κ3) is 3.92. The second kappa shape index (κ2) is 8.20. The van der Waals surface area contributed by atoms with E-state index >= 15 is 0 Å². The predicted octanol–water partition coefficient (Wildman–Crippen LogP) is 2.30. The summed E-state index contributed by atoms with van der Waals surface area (Å²) >= 11 is 0. The van der Waals surface area contributed by atoms with Gasteiger partial charge in [0.2, 0.25) is 5.91 Å². The summed E-state index contributed by atoms with van der Waals surface area (Å²) in [6.07, 6.45) is 2.19. The molecule has 2 atom stereocenters. The van der Waals surface area contributed by atoms with Crippen molar-refractivity contribution in [1.29, 1.82) is 5.26 Å². The van der Waals surface area contributed by atoms with Crippen LogP contribution in [0.15, 0.2) is 24.3 Å². The normalized spacial score (nSPS) is 21.7. The molecule has 140 valence electrons. The van der Waals surface area contributed by atoms with Crippen molar-refractivity contribution in [2.45, 2.75) is 38.8 Å². The number of likely N-dealkylation sites (N-methyl/N-ethyl adjacent to an activating group) is 1. The molecule has 1 saturated heterocycles. The molecular formula is C21H30N4O. The number of fused-ring (bicyclic) bond motifs is 1. The minimum atomic E-state index is -0.0510. The SMILES string of the molecule is CC(C)[C@H](C#N)N1CCN(C(=O)CN(C)[C@H]2CCc3ccccc32)CC1. The molecule has 1 amide bonds. The Hall–Kier alpha value is -1.90. The first kappa shape index (κ1) is 18.9. The van der Waals surface area contributed by atoms with Gasteiger partial charge in [0.25, 0.3) is 0 Å². The van der Waals surface area contributed by atoms with E-state index in [1.165, 1.54) is 11.1 Å². The average Bonchev–Trinajstić information content (AvgIpc) is 3.06. The van der Waals surface area contributed by atoms with Gasteiger partial charge in [-0.15, -0.1) is 0 Å². The van der Waals surface area contributed by atoms with Gasteiger partial charge in [0.15, 0.2) is 0 Å². The standard InChI is InChI=1S/C21H30N4O/c1-16(2)20(14-22)24-10-12-25(13-11-24)21(26)15-23(3)19-9-8-17-6-4-5-7-18(17)19/h4-7,16,19-20H,8-13,15H2,1-3H3/t19-,20-/m0/s1. The summed E-state index contributed by atoms with van der Waals surface area (Å²) in [5.74, 6) is 0.519. The van der Waals surface area contributed by atoms with Gasteiger partial charge in [-0.25, -0.2) is 0 Å². The fraction of sp³-hybridized carbons (Fsp3) is 0.619. The highest BCUT2D eigenvalue weighted by atomic mass is 16.2. The maximum absolute atomic E-state index is 12.8. The van der Waals surface area contributed by atoms with Crippen LogP contribution in [0.2, 0.25) is 0 Å². The van der Waals surface area contributed by atoms with Crippen LogP contribution in [0.1, 0.15) is 37.4 Å². The highest BCUT2D eigenvalue weighted by Gasteiger charge is 2.30. The topological polar surface area (TPSA) is 50.6 Å². The molecule has 1 fully saturated rings. The Bertz CT molecular complexity index is 673. The molecule has 1 aliphatic heterocycles. The summed E-state index contributed by atoms with van der Waals surface area (Å²) in [5, 5.41) is 9.37. The molecule has 5 heteroatoms. The fourth-order valence-corrected chi connectivity index (χ4v) is 4.32. The van der Waals surface area contributed by atoms with Crippen LogP contribution in [0.5, 0.6) is 0 Å². The molecule has 26 heavy (non-hydrogen) atoms. The monoisotopic (exact) mass is 354 g/mol. The Labute approximate surface area is 157 Å². The molecule has 0 bridgehead atoms. The van der Waals surface area contributed by atoms with Crippen LogP contribution in [0.4, 0.5) is 0 Å². The summed E-state index contributed by atoms with van der Waals surface area (Å²) in [5.41, 5.74) is 2.79. The number of nitrogens with zero attached hydrogens (tertiary/aromatic N) is 4. The van der Waals surface area contributed by atoms with E-state index in [1.807, 2.05) is 4.90 Å². The third-order valence-electron chi connectivity index (χ3n) is 5.84. The van der Waals surface area contributed by atoms with Gasteiger partial charge in [-0.2, -0.15) is 5.26 Å². The van der Waals surface area contributed by atoms with E-state index in [9.17, 15) is 10.1 Å². The van der Waals surface area contributed by atoms with Crippen LogP contribution < -0.4 is 0 Å². The zero-order valence-electron chi connectivity index (χ0n) is 16.2. The van der Waals surface area contributed by atoms with Gasteiger partial charge in [-0.05, 0) is 36.9 Å². The maximum atomic E-state index is 12.8. The van der Waals surface area contributed by atoms with Crippen LogP contribution in [-0.2, 0) is 11.2 Å². The average molecular weight is 354 g/mol. The van der Waals surface area contributed by atoms with Crippen LogP contribution in [0.3, 0.4) is 0 Å². The number of hydrogen-bond donors (Lipinski definition) is 0. The molecule has 1 heterocycles. The van der Waals surface area contributed by atoms with Gasteiger partial charge >= 0.3 is 0 Å². The van der Waals surface area contributed by atoms with Crippen molar-refractivity contribution in [1.82, 2.24) is 14.7 Å². The summed E-state index contributed by atoms with van der Waals surface area (Å²) in [4.78, 5) is 19.1. The first-order valence-electron chi connectivity index (χ1n) is 9.70. The lowest BCUT2D eigenvalue weighted by molar-refractivity contribution is -0.134. The van der Waals surface area contributed by atoms with E-state index in [0.29, 0.717) is 18.5 Å². The molecular weight excluding hydrogens is 324 g/mol. The van der Waals surface area contributed by atoms with Crippen molar-refractivity contribution < 1.29 is 4.79 Å². The first-order chi connectivity index (χ1) is 12.5. The summed E-state index contributed by atoms with van der Waals surface area (Å²) < 4.78 is 0. The smallest absolute Gasteiger partial charge is 0.236 e. The number of rotatable bonds is 5. The minimum Gasteiger partial charge on any atom is -0.339 e. The number of carbonyl (C=O) groups is 1. The number of benzene rings is 1. The molecule has 0 aromatic heterocycles. The van der Waals surface area contributed by atoms with Crippen LogP contribution in [-0.4, -0.2) is 66.4 Å². The quantitative estimate of drug-likeness (QED) is 0.814. The van der Waals surface area contributed by atoms with E-state index in [1.54, 1.807) is 0 Å². The van der Waals surface area contributed by atoms with Crippen molar-refractivity contribution in [3.8, 4) is 6.07 Å². The molecule has 1 aromatic carbocycles. The second-order valence-electron chi connectivity index (χ2n) is 7.90. The Morgan fingerprint density at radius 1 is 1.27 bits per heavy atom. The van der Waals surface area contributed by atoms with Gasteiger partial charge in [0.1, 0.15) is 6.04 Å². The van der Waals surface area contributed by atoms with Gasteiger partial charge in [0.05, 0.1) is 12.6 Å². The fourth-order valence-electron chi connectivity index (χ4n) is 4.32. The van der Waals surface area contributed by atoms with Crippen molar-refractivity contribution in [2.75, 3.05) is 39.8 Å². The number of carbonyl (C=O) groups excluding carboxylic acids is 1. The lowest BCUT2D eigenvalue weighted by Crippen LogP contribution is -2.54. The molecule has 1 aromatic rings. The minimum absolute atomic E-state index is 0.0510. The Kier molecular flexibility index (Phi) is 5.95. The number of nitriles is 1. The van der Waals surface area contributed by atoms with Crippen molar-refractivity contribution in [2.24, 2.45) is 5.92 Å². The Morgan fingerprint density at radius 2 is 1.96 bits per heavy atom. The lowest BCUT2D eigenvalue weighted by atomic mass is 10.0. The molecule has 0 radical (unpaired) electrons. The van der Waals surface area contributed by atoms with E-state index in [0.717, 1.165) is 39.0 Å². The van der Waals surface area contributed by atoms with Gasteiger partial charge in [-0.3, -0.25) is 14.6 Å². The zero-order chi connectivity index (χ0) is 18.7. The Balaban J connectivity index is 1.53. The van der Waals surface area contributed by atoms with Crippen molar-refractivity contribution in [3.63, 3.8) is 0 Å². The van der Waals surface area contributed by atoms with Gasteiger partial charge in [0, 0.05) is 32.2 Å². The van der Waals surface area contributed by atoms with Gasteiger partial charge in [-0.1, -0.05) is 38.1 Å². The molecule has 0 N–H and O–H groups in total.